The highest BCUT2D eigenvalue weighted by atomic mass is 79.9. The number of aliphatic carboxylic acids is 1. The zero-order valence-corrected chi connectivity index (χ0v) is 9.45. The van der Waals surface area contributed by atoms with Gasteiger partial charge in [-0.15, -0.1) is 0 Å². The lowest BCUT2D eigenvalue weighted by molar-refractivity contribution is -0.147. The Bertz CT molecular complexity index is 486. The molecule has 0 fully saturated rings. The van der Waals surface area contributed by atoms with Crippen LogP contribution in [0.1, 0.15) is 15.9 Å². The molecule has 0 saturated heterocycles. The molecule has 84 valence electrons. The summed E-state index contributed by atoms with van der Waals surface area (Å²) in [4.78, 5) is 22.2. The van der Waals surface area contributed by atoms with Crippen molar-refractivity contribution in [2.75, 3.05) is 0 Å². The van der Waals surface area contributed by atoms with Crippen molar-refractivity contribution in [1.29, 1.82) is 0 Å². The van der Waals surface area contributed by atoms with Gasteiger partial charge in [0, 0.05) is 10.9 Å². The van der Waals surface area contributed by atoms with Gasteiger partial charge in [-0.25, -0.2) is 14.0 Å². The normalized spacial score (nSPS) is 18.9. The van der Waals surface area contributed by atoms with E-state index in [1.54, 1.807) is 0 Å². The van der Waals surface area contributed by atoms with Gasteiger partial charge in [0.1, 0.15) is 5.82 Å². The van der Waals surface area contributed by atoms with Gasteiger partial charge < -0.3 is 9.84 Å². The first-order valence-corrected chi connectivity index (χ1v) is 5.20. The summed E-state index contributed by atoms with van der Waals surface area (Å²) in [5.74, 6) is -2.60. The first kappa shape index (κ1) is 11.1. The zero-order valence-electron chi connectivity index (χ0n) is 7.87. The van der Waals surface area contributed by atoms with E-state index in [0.29, 0.717) is 10.0 Å². The fourth-order valence-corrected chi connectivity index (χ4v) is 2.14. The lowest BCUT2D eigenvalue weighted by Crippen LogP contribution is -2.34. The molecule has 0 spiro atoms. The highest BCUT2D eigenvalue weighted by Gasteiger charge is 2.32. The number of halogens is 2. The van der Waals surface area contributed by atoms with Gasteiger partial charge in [-0.1, -0.05) is 15.9 Å². The molecule has 16 heavy (non-hydrogen) atoms. The summed E-state index contributed by atoms with van der Waals surface area (Å²) in [5.41, 5.74) is 0.537. The van der Waals surface area contributed by atoms with Crippen molar-refractivity contribution in [3.05, 3.63) is 33.5 Å². The quantitative estimate of drug-likeness (QED) is 0.800. The van der Waals surface area contributed by atoms with Crippen LogP contribution in [-0.4, -0.2) is 23.1 Å². The Balaban J connectivity index is 2.50. The predicted molar refractivity (Wildman–Crippen MR) is 54.6 cm³/mol. The first-order chi connectivity index (χ1) is 7.49. The molecule has 1 N–H and O–H groups in total. The second kappa shape index (κ2) is 3.86. The first-order valence-electron chi connectivity index (χ1n) is 4.40. The van der Waals surface area contributed by atoms with Gasteiger partial charge in [0.15, 0.2) is 0 Å². The molecule has 6 heteroatoms. The molecule has 1 aromatic carbocycles. The minimum atomic E-state index is -1.21. The number of rotatable bonds is 1. The summed E-state index contributed by atoms with van der Waals surface area (Å²) < 4.78 is 18.1. The van der Waals surface area contributed by atoms with Crippen molar-refractivity contribution in [3.63, 3.8) is 0 Å². The number of esters is 1. The third-order valence-electron chi connectivity index (χ3n) is 2.29. The second-order valence-corrected chi connectivity index (χ2v) is 4.20. The summed E-state index contributed by atoms with van der Waals surface area (Å²) in [6.07, 6.45) is -1.17. The highest BCUT2D eigenvalue weighted by molar-refractivity contribution is 9.10. The summed E-state index contributed by atoms with van der Waals surface area (Å²) in [6.45, 7) is 0. The smallest absolute Gasteiger partial charge is 0.345 e. The number of carboxylic acid groups (broad SMARTS) is 1. The van der Waals surface area contributed by atoms with Crippen molar-refractivity contribution in [3.8, 4) is 0 Å². The van der Waals surface area contributed by atoms with Gasteiger partial charge >= 0.3 is 11.9 Å². The Labute approximate surface area is 98.1 Å². The van der Waals surface area contributed by atoms with E-state index in [0.717, 1.165) is 6.07 Å². The molecule has 1 heterocycles. The van der Waals surface area contributed by atoms with E-state index in [2.05, 4.69) is 20.7 Å². The maximum absolute atomic E-state index is 13.0. The van der Waals surface area contributed by atoms with Crippen LogP contribution in [-0.2, 0) is 16.0 Å². The monoisotopic (exact) mass is 288 g/mol. The van der Waals surface area contributed by atoms with Gasteiger partial charge in [-0.3, -0.25) is 0 Å². The fraction of sp³-hybridized carbons (Fsp3) is 0.200. The minimum Gasteiger partial charge on any atom is -0.478 e. The number of fused-ring (bicyclic) bond motifs is 1. The van der Waals surface area contributed by atoms with E-state index in [4.69, 9.17) is 5.11 Å². The standard InChI is InChI=1S/C10H6BrFO4/c11-7-2-4(12)1-6-5(7)3-8(9(13)14)16-10(6)15/h1-2,8H,3H2,(H,13,14). The molecule has 1 unspecified atom stereocenters. The van der Waals surface area contributed by atoms with Gasteiger partial charge in [-0.2, -0.15) is 0 Å². The van der Waals surface area contributed by atoms with Crippen LogP contribution in [0.2, 0.25) is 0 Å². The van der Waals surface area contributed by atoms with Crippen LogP contribution < -0.4 is 0 Å². The third kappa shape index (κ3) is 1.80. The zero-order chi connectivity index (χ0) is 11.9. The van der Waals surface area contributed by atoms with E-state index in [9.17, 15) is 14.0 Å². The fourth-order valence-electron chi connectivity index (χ4n) is 1.55. The maximum atomic E-state index is 13.0. The molecule has 1 aromatic rings. The number of benzene rings is 1. The molecule has 4 nitrogen and oxygen atoms in total. The number of hydrogen-bond donors (Lipinski definition) is 1. The molecule has 0 saturated carbocycles. The van der Waals surface area contributed by atoms with Gasteiger partial charge in [0.2, 0.25) is 6.10 Å². The molecule has 0 aromatic heterocycles. The molecule has 0 bridgehead atoms. The Morgan fingerprint density at radius 3 is 2.88 bits per heavy atom. The Hall–Kier alpha value is -1.43. The summed E-state index contributed by atoms with van der Waals surface area (Å²) in [7, 11) is 0. The number of hydrogen-bond acceptors (Lipinski definition) is 3. The molecular formula is C10H6BrFO4. The Kier molecular flexibility index (Phi) is 2.67. The third-order valence-corrected chi connectivity index (χ3v) is 3.00. The highest BCUT2D eigenvalue weighted by Crippen LogP contribution is 2.29. The van der Waals surface area contributed by atoms with Gasteiger partial charge in [-0.05, 0) is 17.7 Å². The van der Waals surface area contributed by atoms with E-state index in [1.807, 2.05) is 0 Å². The van der Waals surface area contributed by atoms with Crippen LogP contribution in [0.15, 0.2) is 16.6 Å². The summed E-state index contributed by atoms with van der Waals surface area (Å²) in [6, 6.07) is 2.23. The second-order valence-electron chi connectivity index (χ2n) is 3.35. The van der Waals surface area contributed by atoms with Crippen LogP contribution in [0.25, 0.3) is 0 Å². The van der Waals surface area contributed by atoms with Crippen LogP contribution in [0.5, 0.6) is 0 Å². The molecule has 1 atom stereocenters. The number of carbonyl (C=O) groups excluding carboxylic acids is 1. The number of cyclic esters (lactones) is 1. The van der Waals surface area contributed by atoms with E-state index >= 15 is 0 Å². The average Bonchev–Trinajstić information content (AvgIpc) is 2.19. The Morgan fingerprint density at radius 2 is 2.25 bits per heavy atom. The van der Waals surface area contributed by atoms with Gasteiger partial charge in [0.25, 0.3) is 0 Å². The van der Waals surface area contributed by atoms with E-state index < -0.39 is 23.9 Å². The number of ether oxygens (including phenoxy) is 1. The van der Waals surface area contributed by atoms with Crippen molar-refractivity contribution < 1.29 is 23.8 Å². The summed E-state index contributed by atoms with van der Waals surface area (Å²) in [5, 5.41) is 8.76. The number of carbonyl (C=O) groups is 2. The summed E-state index contributed by atoms with van der Waals surface area (Å²) >= 11 is 3.10. The largest absolute Gasteiger partial charge is 0.478 e. The van der Waals surface area contributed by atoms with Crippen LogP contribution in [0, 0.1) is 5.82 Å². The topological polar surface area (TPSA) is 63.6 Å². The molecule has 0 radical (unpaired) electrons. The lowest BCUT2D eigenvalue weighted by atomic mass is 9.98. The van der Waals surface area contributed by atoms with Crippen molar-refractivity contribution in [2.45, 2.75) is 12.5 Å². The molecule has 1 aliphatic heterocycles. The Morgan fingerprint density at radius 1 is 1.56 bits per heavy atom. The van der Waals surface area contributed by atoms with Crippen LogP contribution >= 0.6 is 15.9 Å². The SMILES string of the molecule is O=C1OC(C(=O)O)Cc2c(Br)cc(F)cc21. The molecule has 0 aliphatic carbocycles. The maximum Gasteiger partial charge on any atom is 0.345 e. The molecular weight excluding hydrogens is 283 g/mol. The molecule has 0 amide bonds. The molecule has 2 rings (SSSR count). The van der Waals surface area contributed by atoms with Gasteiger partial charge in [0.05, 0.1) is 5.56 Å². The predicted octanol–water partition coefficient (Wildman–Crippen LogP) is 1.75. The van der Waals surface area contributed by atoms with Crippen LogP contribution in [0.3, 0.4) is 0 Å². The van der Waals surface area contributed by atoms with E-state index in [1.165, 1.54) is 6.07 Å². The minimum absolute atomic E-state index is 0.0390. The van der Waals surface area contributed by atoms with Crippen molar-refractivity contribution in [2.24, 2.45) is 0 Å². The number of carboxylic acids is 1. The average molecular weight is 289 g/mol. The molecule has 1 aliphatic rings. The van der Waals surface area contributed by atoms with Crippen molar-refractivity contribution >= 4 is 27.9 Å². The lowest BCUT2D eigenvalue weighted by Gasteiger charge is -2.22. The van der Waals surface area contributed by atoms with Crippen LogP contribution in [0.4, 0.5) is 4.39 Å². The van der Waals surface area contributed by atoms with E-state index in [-0.39, 0.29) is 12.0 Å². The van der Waals surface area contributed by atoms with Crippen molar-refractivity contribution in [1.82, 2.24) is 0 Å².